The number of thiophene rings is 1. The molecule has 0 radical (unpaired) electrons. The number of nitrogens with zero attached hydrogens (tertiary/aromatic N) is 1. The molecule has 0 bridgehead atoms. The van der Waals surface area contributed by atoms with Crippen molar-refractivity contribution in [2.24, 2.45) is 0 Å². The highest BCUT2D eigenvalue weighted by Gasteiger charge is 2.43. The number of hydrogen-bond donors (Lipinski definition) is 2. The average molecular weight is 708 g/mol. The molecule has 0 amide bonds. The highest BCUT2D eigenvalue weighted by Crippen LogP contribution is 2.41. The van der Waals surface area contributed by atoms with Gasteiger partial charge in [-0.1, -0.05) is 24.0 Å². The third kappa shape index (κ3) is 8.87. The zero-order valence-corrected chi connectivity index (χ0v) is 30.4. The Kier molecular flexibility index (Phi) is 10.5. The Balaban J connectivity index is 1.34. The molecule has 2 aliphatic rings. The van der Waals surface area contributed by atoms with Gasteiger partial charge in [0.2, 0.25) is 0 Å². The SMILES string of the molecule is COc1cc(P(C)(C)=O)ccc1NCC#Cc1sc2c(N[C@H]3CCN(C4CC(C)(C)OC(C)(C)C4)C[C@H]3F)cccc2c1CC(F)(F)F. The first-order valence-electron chi connectivity index (χ1n) is 16.3. The van der Waals surface area contributed by atoms with Crippen molar-refractivity contribution < 1.29 is 31.6 Å². The molecule has 48 heavy (non-hydrogen) atoms. The van der Waals surface area contributed by atoms with Crippen LogP contribution in [-0.2, 0) is 15.7 Å². The number of alkyl halides is 4. The lowest BCUT2D eigenvalue weighted by Crippen LogP contribution is -2.57. The van der Waals surface area contributed by atoms with Crippen LogP contribution in [0.15, 0.2) is 36.4 Å². The van der Waals surface area contributed by atoms with E-state index in [-0.39, 0.29) is 29.4 Å². The molecule has 12 heteroatoms. The number of benzene rings is 2. The number of piperidine rings is 1. The summed E-state index contributed by atoms with van der Waals surface area (Å²) in [5, 5.41) is 7.66. The summed E-state index contributed by atoms with van der Waals surface area (Å²) in [6.45, 7) is 12.9. The van der Waals surface area contributed by atoms with E-state index in [1.807, 2.05) is 0 Å². The van der Waals surface area contributed by atoms with Gasteiger partial charge >= 0.3 is 6.18 Å². The van der Waals surface area contributed by atoms with Crippen LogP contribution in [0.2, 0.25) is 0 Å². The number of rotatable bonds is 8. The average Bonchev–Trinajstić information content (AvgIpc) is 3.30. The van der Waals surface area contributed by atoms with Gasteiger partial charge in [-0.2, -0.15) is 13.2 Å². The second-order valence-corrected chi connectivity index (χ2v) is 18.7. The molecule has 2 aliphatic heterocycles. The number of likely N-dealkylation sites (tertiary alicyclic amines) is 1. The lowest BCUT2D eigenvalue weighted by molar-refractivity contribution is -0.179. The maximum Gasteiger partial charge on any atom is 0.393 e. The number of hydrogen-bond acceptors (Lipinski definition) is 7. The Labute approximate surface area is 285 Å². The summed E-state index contributed by atoms with van der Waals surface area (Å²) in [6.07, 6.45) is -4.44. The lowest BCUT2D eigenvalue weighted by Gasteiger charge is -2.50. The van der Waals surface area contributed by atoms with Crippen LogP contribution < -0.4 is 20.7 Å². The van der Waals surface area contributed by atoms with Gasteiger partial charge in [0.1, 0.15) is 19.1 Å². The first-order valence-corrected chi connectivity index (χ1v) is 19.7. The van der Waals surface area contributed by atoms with E-state index in [0.717, 1.165) is 19.4 Å². The number of halogens is 4. The minimum Gasteiger partial charge on any atom is -0.495 e. The van der Waals surface area contributed by atoms with Gasteiger partial charge in [0.15, 0.2) is 0 Å². The summed E-state index contributed by atoms with van der Waals surface area (Å²) in [5.74, 6) is 6.44. The molecular formula is C36H46F4N3O3PS. The van der Waals surface area contributed by atoms with Crippen LogP contribution in [0.1, 0.15) is 57.4 Å². The molecule has 2 atom stereocenters. The van der Waals surface area contributed by atoms with E-state index in [0.29, 0.717) is 50.4 Å². The summed E-state index contributed by atoms with van der Waals surface area (Å²) < 4.78 is 81.9. The number of fused-ring (bicyclic) bond motifs is 1. The van der Waals surface area contributed by atoms with Crippen LogP contribution in [0.3, 0.4) is 0 Å². The first-order chi connectivity index (χ1) is 22.3. The topological polar surface area (TPSA) is 62.8 Å². The molecule has 0 spiro atoms. The maximum atomic E-state index is 15.8. The van der Waals surface area contributed by atoms with Crippen molar-refractivity contribution in [3.05, 3.63) is 46.8 Å². The molecule has 2 aromatic carbocycles. The third-order valence-electron chi connectivity index (χ3n) is 9.01. The van der Waals surface area contributed by atoms with Crippen LogP contribution in [0.25, 0.3) is 10.1 Å². The van der Waals surface area contributed by atoms with Crippen molar-refractivity contribution in [3.63, 3.8) is 0 Å². The summed E-state index contributed by atoms with van der Waals surface area (Å²) >= 11 is 1.20. The van der Waals surface area contributed by atoms with Gasteiger partial charge in [0.25, 0.3) is 0 Å². The second kappa shape index (κ2) is 13.9. The van der Waals surface area contributed by atoms with E-state index in [4.69, 9.17) is 9.47 Å². The lowest BCUT2D eigenvalue weighted by atomic mass is 9.83. The Morgan fingerprint density at radius 1 is 1.10 bits per heavy atom. The molecule has 0 aliphatic carbocycles. The van der Waals surface area contributed by atoms with Crippen molar-refractivity contribution in [3.8, 4) is 17.6 Å². The van der Waals surface area contributed by atoms with E-state index in [9.17, 15) is 17.7 Å². The number of ether oxygens (including phenoxy) is 2. The maximum absolute atomic E-state index is 15.8. The predicted octanol–water partition coefficient (Wildman–Crippen LogP) is 8.29. The van der Waals surface area contributed by atoms with E-state index in [1.165, 1.54) is 18.4 Å². The molecule has 3 heterocycles. The summed E-state index contributed by atoms with van der Waals surface area (Å²) in [5.41, 5.74) is 0.803. The van der Waals surface area contributed by atoms with Gasteiger partial charge in [-0.3, -0.25) is 4.90 Å². The van der Waals surface area contributed by atoms with Gasteiger partial charge in [0, 0.05) is 24.4 Å². The normalized spacial score (nSPS) is 21.8. The number of methoxy groups -OCH3 is 1. The van der Waals surface area contributed by atoms with Gasteiger partial charge in [0.05, 0.1) is 58.3 Å². The fourth-order valence-corrected chi connectivity index (χ4v) is 9.14. The van der Waals surface area contributed by atoms with E-state index in [1.54, 1.807) is 49.7 Å². The third-order valence-corrected chi connectivity index (χ3v) is 11.7. The minimum absolute atomic E-state index is 0.124. The molecule has 0 saturated carbocycles. The molecule has 2 fully saturated rings. The van der Waals surface area contributed by atoms with Crippen molar-refractivity contribution in [2.75, 3.05) is 50.7 Å². The summed E-state index contributed by atoms with van der Waals surface area (Å²) in [7, 11) is -0.969. The van der Waals surface area contributed by atoms with Crippen molar-refractivity contribution in [1.29, 1.82) is 0 Å². The van der Waals surface area contributed by atoms with E-state index < -0.39 is 32.0 Å². The van der Waals surface area contributed by atoms with Gasteiger partial charge in [-0.15, -0.1) is 11.3 Å². The number of anilines is 2. The Bertz CT molecular complexity index is 1720. The summed E-state index contributed by atoms with van der Waals surface area (Å²) in [6, 6.07) is 10.2. The van der Waals surface area contributed by atoms with Crippen LogP contribution >= 0.6 is 18.5 Å². The summed E-state index contributed by atoms with van der Waals surface area (Å²) in [4.78, 5) is 2.56. The number of nitrogens with one attached hydrogen (secondary N) is 2. The van der Waals surface area contributed by atoms with Crippen LogP contribution in [-0.4, -0.2) is 80.6 Å². The highest BCUT2D eigenvalue weighted by molar-refractivity contribution is 7.70. The monoisotopic (exact) mass is 707 g/mol. The van der Waals surface area contributed by atoms with Gasteiger partial charge < -0.3 is 24.7 Å². The second-order valence-electron chi connectivity index (χ2n) is 14.5. The molecule has 0 unspecified atom stereocenters. The Morgan fingerprint density at radius 3 is 2.44 bits per heavy atom. The van der Waals surface area contributed by atoms with Crippen LogP contribution in [0.4, 0.5) is 28.9 Å². The fourth-order valence-electron chi connectivity index (χ4n) is 7.10. The quantitative estimate of drug-likeness (QED) is 0.140. The van der Waals surface area contributed by atoms with Crippen molar-refractivity contribution >= 4 is 45.2 Å². The molecule has 3 aromatic rings. The van der Waals surface area contributed by atoms with E-state index in [2.05, 4.69) is 55.1 Å². The van der Waals surface area contributed by atoms with Gasteiger partial charge in [-0.25, -0.2) is 4.39 Å². The molecular weight excluding hydrogens is 661 g/mol. The van der Waals surface area contributed by atoms with Crippen molar-refractivity contribution in [1.82, 2.24) is 4.90 Å². The zero-order valence-electron chi connectivity index (χ0n) is 28.7. The molecule has 1 aromatic heterocycles. The predicted molar refractivity (Wildman–Crippen MR) is 190 cm³/mol. The van der Waals surface area contributed by atoms with E-state index >= 15 is 4.39 Å². The fraction of sp³-hybridized carbons (Fsp3) is 0.556. The molecule has 2 N–H and O–H groups in total. The smallest absolute Gasteiger partial charge is 0.393 e. The van der Waals surface area contributed by atoms with Crippen LogP contribution in [0, 0.1) is 11.8 Å². The zero-order chi connectivity index (χ0) is 35.1. The molecule has 5 rings (SSSR count). The van der Waals surface area contributed by atoms with Crippen LogP contribution in [0.5, 0.6) is 5.75 Å². The molecule has 2 saturated heterocycles. The standard InChI is InChI=1S/C36H46F4N3O3PS/c1-34(2)19-23(20-35(3,4)46-34)43-17-15-28(27(37)22-43)42-30-11-8-10-25-26(21-36(38,39)40)32(48-33(25)30)12-9-16-41-29-14-13-24(47(6,7)44)18-31(29)45-5/h8,10-11,13-14,18,23,27-28,41-42H,15-17,19-22H2,1-7H3/t27-,28+/m1/s1. The molecule has 6 nitrogen and oxygen atoms in total. The molecule has 262 valence electrons. The largest absolute Gasteiger partial charge is 0.495 e. The highest BCUT2D eigenvalue weighted by atomic mass is 32.1. The first kappa shape index (κ1) is 36.5. The Hall–Kier alpha value is -2.77. The minimum atomic E-state index is -4.43. The Morgan fingerprint density at radius 2 is 1.81 bits per heavy atom. The van der Waals surface area contributed by atoms with Crippen molar-refractivity contribution in [2.45, 2.75) is 89.0 Å². The van der Waals surface area contributed by atoms with Gasteiger partial charge in [-0.05, 0) is 95.5 Å².